The number of aryl methyl sites for hydroxylation is 1. The number of hydrogen-bond acceptors (Lipinski definition) is 3. The van der Waals surface area contributed by atoms with E-state index in [0.29, 0.717) is 5.92 Å². The van der Waals surface area contributed by atoms with Gasteiger partial charge in [0.25, 0.3) is 0 Å². The lowest BCUT2D eigenvalue weighted by Gasteiger charge is -2.20. The SMILES string of the molecule is Cc1ccc(-c2cc(C3CCNCC3)n[nH]2)nc1. The molecular formula is C14H18N4. The highest BCUT2D eigenvalue weighted by Crippen LogP contribution is 2.26. The zero-order valence-electron chi connectivity index (χ0n) is 10.6. The van der Waals surface area contributed by atoms with Crippen LogP contribution in [0.25, 0.3) is 11.4 Å². The van der Waals surface area contributed by atoms with Crippen LogP contribution in [0, 0.1) is 6.92 Å². The van der Waals surface area contributed by atoms with Crippen molar-refractivity contribution in [2.75, 3.05) is 13.1 Å². The van der Waals surface area contributed by atoms with E-state index in [1.165, 1.54) is 24.1 Å². The third-order valence-corrected chi connectivity index (χ3v) is 3.54. The molecule has 0 aliphatic carbocycles. The summed E-state index contributed by atoms with van der Waals surface area (Å²) in [6.45, 7) is 4.23. The van der Waals surface area contributed by atoms with Gasteiger partial charge in [-0.15, -0.1) is 0 Å². The van der Waals surface area contributed by atoms with Crippen LogP contribution in [0.4, 0.5) is 0 Å². The van der Waals surface area contributed by atoms with Crippen LogP contribution in [-0.2, 0) is 0 Å². The Bertz CT molecular complexity index is 509. The molecule has 2 aromatic rings. The van der Waals surface area contributed by atoms with Crippen LogP contribution in [0.5, 0.6) is 0 Å². The minimum absolute atomic E-state index is 0.585. The Labute approximate surface area is 107 Å². The molecule has 3 rings (SSSR count). The average molecular weight is 242 g/mol. The summed E-state index contributed by atoms with van der Waals surface area (Å²) < 4.78 is 0. The summed E-state index contributed by atoms with van der Waals surface area (Å²) in [5.74, 6) is 0.585. The van der Waals surface area contributed by atoms with Crippen molar-refractivity contribution in [3.05, 3.63) is 35.7 Å². The molecule has 18 heavy (non-hydrogen) atoms. The van der Waals surface area contributed by atoms with Crippen LogP contribution in [0.3, 0.4) is 0 Å². The van der Waals surface area contributed by atoms with Gasteiger partial charge < -0.3 is 5.32 Å². The first kappa shape index (κ1) is 11.4. The molecule has 0 spiro atoms. The number of rotatable bonds is 2. The molecule has 0 bridgehead atoms. The standard InChI is InChI=1S/C14H18N4/c1-10-2-3-12(16-9-10)14-8-13(17-18-14)11-4-6-15-7-5-11/h2-3,8-9,11,15H,4-7H2,1H3,(H,17,18). The van der Waals surface area contributed by atoms with Crippen LogP contribution in [0.1, 0.15) is 30.0 Å². The topological polar surface area (TPSA) is 53.6 Å². The van der Waals surface area contributed by atoms with Crippen molar-refractivity contribution in [1.82, 2.24) is 20.5 Å². The second-order valence-electron chi connectivity index (χ2n) is 4.95. The van der Waals surface area contributed by atoms with E-state index in [9.17, 15) is 0 Å². The molecule has 0 radical (unpaired) electrons. The number of nitrogens with zero attached hydrogens (tertiary/aromatic N) is 2. The second-order valence-corrected chi connectivity index (χ2v) is 4.95. The monoisotopic (exact) mass is 242 g/mol. The molecule has 0 saturated carbocycles. The van der Waals surface area contributed by atoms with Crippen molar-refractivity contribution >= 4 is 0 Å². The molecule has 0 amide bonds. The maximum absolute atomic E-state index is 4.45. The van der Waals surface area contributed by atoms with Crippen molar-refractivity contribution in [2.24, 2.45) is 0 Å². The molecule has 1 saturated heterocycles. The van der Waals surface area contributed by atoms with E-state index in [4.69, 9.17) is 0 Å². The number of aromatic nitrogens is 3. The second kappa shape index (κ2) is 4.90. The first-order chi connectivity index (χ1) is 8.83. The molecule has 0 atom stereocenters. The number of H-pyrrole nitrogens is 1. The Morgan fingerprint density at radius 2 is 2.06 bits per heavy atom. The highest BCUT2D eigenvalue weighted by Gasteiger charge is 2.18. The van der Waals surface area contributed by atoms with Gasteiger partial charge in [-0.1, -0.05) is 6.07 Å². The van der Waals surface area contributed by atoms with Crippen molar-refractivity contribution in [2.45, 2.75) is 25.7 Å². The maximum Gasteiger partial charge on any atom is 0.0880 e. The molecule has 3 heterocycles. The molecule has 1 aliphatic rings. The van der Waals surface area contributed by atoms with E-state index in [1.54, 1.807) is 0 Å². The van der Waals surface area contributed by atoms with Crippen LogP contribution in [0.15, 0.2) is 24.4 Å². The highest BCUT2D eigenvalue weighted by atomic mass is 15.1. The summed E-state index contributed by atoms with van der Waals surface area (Å²) in [6.07, 6.45) is 4.23. The Kier molecular flexibility index (Phi) is 3.11. The fourth-order valence-corrected chi connectivity index (χ4v) is 2.42. The van der Waals surface area contributed by atoms with Gasteiger partial charge in [0, 0.05) is 12.1 Å². The van der Waals surface area contributed by atoms with Gasteiger partial charge >= 0.3 is 0 Å². The van der Waals surface area contributed by atoms with Gasteiger partial charge in [0.05, 0.1) is 17.1 Å². The molecule has 4 heteroatoms. The van der Waals surface area contributed by atoms with E-state index >= 15 is 0 Å². The smallest absolute Gasteiger partial charge is 0.0880 e. The average Bonchev–Trinajstić information content (AvgIpc) is 2.90. The summed E-state index contributed by atoms with van der Waals surface area (Å²) in [4.78, 5) is 4.42. The number of hydrogen-bond donors (Lipinski definition) is 2. The Morgan fingerprint density at radius 1 is 1.22 bits per heavy atom. The van der Waals surface area contributed by atoms with Gasteiger partial charge in [0.2, 0.25) is 0 Å². The summed E-state index contributed by atoms with van der Waals surface area (Å²) in [6, 6.07) is 6.26. The molecule has 1 fully saturated rings. The summed E-state index contributed by atoms with van der Waals surface area (Å²) >= 11 is 0. The van der Waals surface area contributed by atoms with Crippen molar-refractivity contribution in [3.63, 3.8) is 0 Å². The zero-order chi connectivity index (χ0) is 12.4. The van der Waals surface area contributed by atoms with Crippen molar-refractivity contribution in [3.8, 4) is 11.4 Å². The first-order valence-corrected chi connectivity index (χ1v) is 6.52. The van der Waals surface area contributed by atoms with Crippen LogP contribution >= 0.6 is 0 Å². The third-order valence-electron chi connectivity index (χ3n) is 3.54. The molecule has 2 aromatic heterocycles. The first-order valence-electron chi connectivity index (χ1n) is 6.52. The van der Waals surface area contributed by atoms with E-state index in [0.717, 1.165) is 24.5 Å². The molecule has 94 valence electrons. The fraction of sp³-hybridized carbons (Fsp3) is 0.429. The van der Waals surface area contributed by atoms with Crippen molar-refractivity contribution < 1.29 is 0 Å². The largest absolute Gasteiger partial charge is 0.317 e. The molecule has 0 aromatic carbocycles. The lowest BCUT2D eigenvalue weighted by atomic mass is 9.94. The predicted octanol–water partition coefficient (Wildman–Crippen LogP) is 2.25. The van der Waals surface area contributed by atoms with Crippen molar-refractivity contribution in [1.29, 1.82) is 0 Å². The van der Waals surface area contributed by atoms with Gasteiger partial charge in [-0.05, 0) is 50.6 Å². The lowest BCUT2D eigenvalue weighted by Crippen LogP contribution is -2.26. The van der Waals surface area contributed by atoms with Gasteiger partial charge in [0.1, 0.15) is 0 Å². The fourth-order valence-electron chi connectivity index (χ4n) is 2.42. The van der Waals surface area contributed by atoms with E-state index < -0.39 is 0 Å². The van der Waals surface area contributed by atoms with Gasteiger partial charge in [0.15, 0.2) is 0 Å². The Morgan fingerprint density at radius 3 is 2.78 bits per heavy atom. The maximum atomic E-state index is 4.45. The number of nitrogens with one attached hydrogen (secondary N) is 2. The Balaban J connectivity index is 1.82. The van der Waals surface area contributed by atoms with Gasteiger partial charge in [-0.3, -0.25) is 10.1 Å². The molecule has 2 N–H and O–H groups in total. The highest BCUT2D eigenvalue weighted by molar-refractivity contribution is 5.54. The molecule has 1 aliphatic heterocycles. The number of pyridine rings is 1. The van der Waals surface area contributed by atoms with Crippen LogP contribution in [0.2, 0.25) is 0 Å². The Hall–Kier alpha value is -1.68. The molecule has 0 unspecified atom stereocenters. The molecular weight excluding hydrogens is 224 g/mol. The van der Waals surface area contributed by atoms with E-state index in [-0.39, 0.29) is 0 Å². The van der Waals surface area contributed by atoms with E-state index in [1.807, 2.05) is 19.2 Å². The summed E-state index contributed by atoms with van der Waals surface area (Å²) in [5, 5.41) is 10.9. The lowest BCUT2D eigenvalue weighted by molar-refractivity contribution is 0.453. The number of piperidine rings is 1. The summed E-state index contributed by atoms with van der Waals surface area (Å²) in [5.41, 5.74) is 4.34. The quantitative estimate of drug-likeness (QED) is 0.849. The predicted molar refractivity (Wildman–Crippen MR) is 71.4 cm³/mol. The normalized spacial score (nSPS) is 16.9. The third kappa shape index (κ3) is 2.29. The van der Waals surface area contributed by atoms with Crippen LogP contribution < -0.4 is 5.32 Å². The molecule has 4 nitrogen and oxygen atoms in total. The van der Waals surface area contributed by atoms with Gasteiger partial charge in [-0.25, -0.2) is 0 Å². The minimum atomic E-state index is 0.585. The van der Waals surface area contributed by atoms with Crippen LogP contribution in [-0.4, -0.2) is 28.3 Å². The minimum Gasteiger partial charge on any atom is -0.317 e. The van der Waals surface area contributed by atoms with E-state index in [2.05, 4.69) is 32.6 Å². The number of aromatic amines is 1. The summed E-state index contributed by atoms with van der Waals surface area (Å²) in [7, 11) is 0. The van der Waals surface area contributed by atoms with Gasteiger partial charge in [-0.2, -0.15) is 5.10 Å². The zero-order valence-corrected chi connectivity index (χ0v) is 10.6.